The fourth-order valence-corrected chi connectivity index (χ4v) is 3.51. The Kier molecular flexibility index (Phi) is 5.49. The molecule has 7 nitrogen and oxygen atoms in total. The number of pyridine rings is 1. The summed E-state index contributed by atoms with van der Waals surface area (Å²) in [6, 6.07) is 1.87. The van der Waals surface area contributed by atoms with Crippen LogP contribution in [0.25, 0.3) is 0 Å². The van der Waals surface area contributed by atoms with Crippen LogP contribution in [-0.2, 0) is 9.53 Å². The van der Waals surface area contributed by atoms with Crippen molar-refractivity contribution in [1.82, 2.24) is 9.88 Å². The normalized spacial score (nSPS) is 21.3. The average Bonchev–Trinajstić information content (AvgIpc) is 3.33. The second-order valence-electron chi connectivity index (χ2n) is 9.00. The third-order valence-electron chi connectivity index (χ3n) is 5.20. The number of hydrogen-bond donors (Lipinski definition) is 1. The van der Waals surface area contributed by atoms with Gasteiger partial charge in [0.25, 0.3) is 0 Å². The van der Waals surface area contributed by atoms with Gasteiger partial charge >= 0.3 is 6.09 Å². The molecular weight excluding hydrogens is 380 g/mol. The molecule has 2 amide bonds. The lowest BCUT2D eigenvalue weighted by atomic mass is 10.1. The summed E-state index contributed by atoms with van der Waals surface area (Å²) in [7, 11) is 0. The maximum Gasteiger partial charge on any atom is 0.412 e. The molecular formula is C20H29ClN4O3. The van der Waals surface area contributed by atoms with E-state index in [1.54, 1.807) is 26.8 Å². The van der Waals surface area contributed by atoms with Crippen LogP contribution in [0, 0.1) is 5.41 Å². The molecule has 1 aliphatic heterocycles. The number of aromatic nitrogens is 1. The van der Waals surface area contributed by atoms with Crippen LogP contribution in [-0.4, -0.2) is 53.2 Å². The van der Waals surface area contributed by atoms with Crippen molar-refractivity contribution in [2.75, 3.05) is 29.9 Å². The SMILES string of the molecule is C[C@H]1CN(C(=O)C2(C)CC2)CCN1c1cc(NC(=O)OC(C)(C)C)c(Cl)cn1. The van der Waals surface area contributed by atoms with Gasteiger partial charge in [0.15, 0.2) is 0 Å². The summed E-state index contributed by atoms with van der Waals surface area (Å²) in [5.74, 6) is 0.975. The number of nitrogens with one attached hydrogen (secondary N) is 1. The molecule has 2 aliphatic rings. The molecule has 28 heavy (non-hydrogen) atoms. The zero-order valence-corrected chi connectivity index (χ0v) is 18.0. The minimum atomic E-state index is -0.595. The van der Waals surface area contributed by atoms with Crippen molar-refractivity contribution in [1.29, 1.82) is 0 Å². The molecule has 1 saturated carbocycles. The van der Waals surface area contributed by atoms with Gasteiger partial charge in [-0.2, -0.15) is 0 Å². The number of piperazine rings is 1. The lowest BCUT2D eigenvalue weighted by molar-refractivity contribution is -0.137. The van der Waals surface area contributed by atoms with E-state index in [0.717, 1.165) is 12.8 Å². The molecule has 0 aromatic carbocycles. The number of amides is 2. The van der Waals surface area contributed by atoms with Gasteiger partial charge in [-0.15, -0.1) is 0 Å². The van der Waals surface area contributed by atoms with E-state index < -0.39 is 11.7 Å². The number of ether oxygens (including phenoxy) is 1. The third-order valence-corrected chi connectivity index (χ3v) is 5.50. The number of nitrogens with zero attached hydrogens (tertiary/aromatic N) is 3. The first kappa shape index (κ1) is 20.7. The van der Waals surface area contributed by atoms with Crippen LogP contribution in [0.4, 0.5) is 16.3 Å². The van der Waals surface area contributed by atoms with Crippen LogP contribution in [0.2, 0.25) is 5.02 Å². The van der Waals surface area contributed by atoms with Crippen LogP contribution in [0.5, 0.6) is 0 Å². The standard InChI is InChI=1S/C20H29ClN4O3/c1-13-12-24(17(26)20(5)6-7-20)8-9-25(13)16-10-15(14(21)11-22-16)23-18(27)28-19(2,3)4/h10-11,13H,6-9,12H2,1-5H3,(H,22,23,27)/t13-/m0/s1. The average molecular weight is 409 g/mol. The second-order valence-corrected chi connectivity index (χ2v) is 9.41. The monoisotopic (exact) mass is 408 g/mol. The minimum Gasteiger partial charge on any atom is -0.444 e. The molecule has 1 aromatic heterocycles. The summed E-state index contributed by atoms with van der Waals surface area (Å²) in [4.78, 5) is 33.2. The molecule has 1 N–H and O–H groups in total. The Hall–Kier alpha value is -2.02. The van der Waals surface area contributed by atoms with Gasteiger partial charge in [-0.3, -0.25) is 10.1 Å². The van der Waals surface area contributed by atoms with Crippen molar-refractivity contribution in [3.05, 3.63) is 17.3 Å². The number of carbonyl (C=O) groups is 2. The Balaban J connectivity index is 1.68. The van der Waals surface area contributed by atoms with Crippen LogP contribution in [0.3, 0.4) is 0 Å². The fraction of sp³-hybridized carbons (Fsp3) is 0.650. The molecule has 3 rings (SSSR count). The largest absolute Gasteiger partial charge is 0.444 e. The summed E-state index contributed by atoms with van der Waals surface area (Å²) in [6.45, 7) is 11.5. The Morgan fingerprint density at radius 2 is 2.00 bits per heavy atom. The smallest absolute Gasteiger partial charge is 0.412 e. The van der Waals surface area contributed by atoms with Crippen molar-refractivity contribution in [2.45, 2.75) is 59.1 Å². The van der Waals surface area contributed by atoms with Gasteiger partial charge in [0.1, 0.15) is 11.4 Å². The minimum absolute atomic E-state index is 0.114. The highest BCUT2D eigenvalue weighted by atomic mass is 35.5. The van der Waals surface area contributed by atoms with Crippen molar-refractivity contribution in [2.24, 2.45) is 5.41 Å². The summed E-state index contributed by atoms with van der Waals surface area (Å²) < 4.78 is 5.29. The first-order chi connectivity index (χ1) is 13.0. The zero-order valence-electron chi connectivity index (χ0n) is 17.2. The molecule has 0 radical (unpaired) electrons. The molecule has 0 spiro atoms. The zero-order chi connectivity index (χ0) is 20.7. The number of rotatable bonds is 3. The Bertz CT molecular complexity index is 773. The van der Waals surface area contributed by atoms with E-state index in [4.69, 9.17) is 16.3 Å². The van der Waals surface area contributed by atoms with Crippen molar-refractivity contribution in [3.63, 3.8) is 0 Å². The highest BCUT2D eigenvalue weighted by molar-refractivity contribution is 6.33. The Morgan fingerprint density at radius 3 is 2.57 bits per heavy atom. The topological polar surface area (TPSA) is 74.8 Å². The first-order valence-corrected chi connectivity index (χ1v) is 10.1. The van der Waals surface area contributed by atoms with Gasteiger partial charge in [-0.25, -0.2) is 9.78 Å². The number of carbonyl (C=O) groups excluding carboxylic acids is 2. The van der Waals surface area contributed by atoms with Gasteiger partial charge in [0.2, 0.25) is 5.91 Å². The molecule has 1 aliphatic carbocycles. The van der Waals surface area contributed by atoms with Gasteiger partial charge in [0, 0.05) is 37.2 Å². The van der Waals surface area contributed by atoms with E-state index in [2.05, 4.69) is 22.1 Å². The molecule has 8 heteroatoms. The summed E-state index contributed by atoms with van der Waals surface area (Å²) in [6.07, 6.45) is 2.93. The Labute approximate surface area is 171 Å². The summed E-state index contributed by atoms with van der Waals surface area (Å²) in [5, 5.41) is 3.04. The number of anilines is 2. The maximum absolute atomic E-state index is 12.6. The van der Waals surface area contributed by atoms with Crippen LogP contribution < -0.4 is 10.2 Å². The predicted molar refractivity (Wildman–Crippen MR) is 110 cm³/mol. The predicted octanol–water partition coefficient (Wildman–Crippen LogP) is 3.92. The molecule has 154 valence electrons. The lowest BCUT2D eigenvalue weighted by Crippen LogP contribution is -2.55. The summed E-state index contributed by atoms with van der Waals surface area (Å²) in [5.41, 5.74) is -0.287. The lowest BCUT2D eigenvalue weighted by Gasteiger charge is -2.41. The molecule has 2 fully saturated rings. The van der Waals surface area contributed by atoms with Gasteiger partial charge in [0.05, 0.1) is 16.9 Å². The highest BCUT2D eigenvalue weighted by Gasteiger charge is 2.48. The number of halogens is 1. The quantitative estimate of drug-likeness (QED) is 0.820. The third kappa shape index (κ3) is 4.69. The van der Waals surface area contributed by atoms with E-state index in [1.165, 1.54) is 6.20 Å². The van der Waals surface area contributed by atoms with Gasteiger partial charge in [-0.1, -0.05) is 18.5 Å². The van der Waals surface area contributed by atoms with Crippen LogP contribution >= 0.6 is 11.6 Å². The Morgan fingerprint density at radius 1 is 1.32 bits per heavy atom. The molecule has 1 saturated heterocycles. The van der Waals surface area contributed by atoms with Crippen molar-refractivity contribution < 1.29 is 14.3 Å². The molecule has 0 unspecified atom stereocenters. The van der Waals surface area contributed by atoms with E-state index in [-0.39, 0.29) is 17.4 Å². The van der Waals surface area contributed by atoms with Crippen molar-refractivity contribution in [3.8, 4) is 0 Å². The van der Waals surface area contributed by atoms with Gasteiger partial charge < -0.3 is 14.5 Å². The molecule has 0 bridgehead atoms. The maximum atomic E-state index is 12.6. The van der Waals surface area contributed by atoms with E-state index in [1.807, 2.05) is 11.8 Å². The second kappa shape index (κ2) is 7.43. The fourth-order valence-electron chi connectivity index (χ4n) is 3.36. The highest BCUT2D eigenvalue weighted by Crippen LogP contribution is 2.46. The van der Waals surface area contributed by atoms with E-state index in [0.29, 0.717) is 36.2 Å². The summed E-state index contributed by atoms with van der Waals surface area (Å²) >= 11 is 6.20. The van der Waals surface area contributed by atoms with Gasteiger partial charge in [-0.05, 0) is 40.5 Å². The van der Waals surface area contributed by atoms with E-state index >= 15 is 0 Å². The number of hydrogen-bond acceptors (Lipinski definition) is 5. The van der Waals surface area contributed by atoms with Crippen LogP contribution in [0.1, 0.15) is 47.5 Å². The molecule has 1 atom stereocenters. The molecule has 2 heterocycles. The first-order valence-electron chi connectivity index (χ1n) is 9.70. The van der Waals surface area contributed by atoms with Crippen molar-refractivity contribution >= 4 is 35.1 Å². The molecule has 1 aromatic rings. The van der Waals surface area contributed by atoms with E-state index in [9.17, 15) is 9.59 Å². The van der Waals surface area contributed by atoms with Crippen LogP contribution in [0.15, 0.2) is 12.3 Å².